The van der Waals surface area contributed by atoms with Crippen LogP contribution in [0.5, 0.6) is 0 Å². The molecule has 0 aromatic rings. The summed E-state index contributed by atoms with van der Waals surface area (Å²) in [5.41, 5.74) is -1.54. The Balaban J connectivity index is 4.92. The van der Waals surface area contributed by atoms with Crippen molar-refractivity contribution in [1.29, 1.82) is 0 Å². The monoisotopic (exact) mass is 245 g/mol. The molecule has 0 saturated carbocycles. The third kappa shape index (κ3) is 4.00. The van der Waals surface area contributed by atoms with Crippen molar-refractivity contribution in [3.63, 3.8) is 0 Å². The fourth-order valence-corrected chi connectivity index (χ4v) is 1.33. The summed E-state index contributed by atoms with van der Waals surface area (Å²) in [5, 5.41) is 11.6. The molecule has 5 nitrogen and oxygen atoms in total. The molecule has 0 radical (unpaired) electrons. The molecule has 0 fully saturated rings. The molecule has 17 heavy (non-hydrogen) atoms. The van der Waals surface area contributed by atoms with Crippen LogP contribution in [0.1, 0.15) is 41.0 Å². The number of hydrogen-bond acceptors (Lipinski definition) is 3. The fourth-order valence-electron chi connectivity index (χ4n) is 1.33. The van der Waals surface area contributed by atoms with Crippen LogP contribution in [0.2, 0.25) is 0 Å². The minimum Gasteiger partial charge on any atom is -0.480 e. The van der Waals surface area contributed by atoms with Crippen LogP contribution in [0.25, 0.3) is 0 Å². The van der Waals surface area contributed by atoms with Gasteiger partial charge in [0.2, 0.25) is 0 Å². The number of ether oxygens (including phenoxy) is 1. The van der Waals surface area contributed by atoms with Crippen LogP contribution in [-0.2, 0) is 14.3 Å². The zero-order valence-electron chi connectivity index (χ0n) is 11.5. The lowest BCUT2D eigenvalue weighted by Crippen LogP contribution is -2.55. The number of rotatable bonds is 5. The molecule has 2 atom stereocenters. The first kappa shape index (κ1) is 15.9. The number of methoxy groups -OCH3 is 1. The normalized spacial score (nSPS) is 17.1. The maximum atomic E-state index is 12.0. The molecule has 0 saturated heterocycles. The van der Waals surface area contributed by atoms with Crippen molar-refractivity contribution < 1.29 is 19.4 Å². The molecule has 0 spiro atoms. The van der Waals surface area contributed by atoms with Gasteiger partial charge in [-0.25, -0.2) is 4.79 Å². The first-order valence-corrected chi connectivity index (χ1v) is 5.67. The Morgan fingerprint density at radius 3 is 2.00 bits per heavy atom. The molecule has 100 valence electrons. The first-order chi connectivity index (χ1) is 7.58. The average molecular weight is 245 g/mol. The van der Waals surface area contributed by atoms with Crippen molar-refractivity contribution in [2.24, 2.45) is 5.41 Å². The van der Waals surface area contributed by atoms with E-state index in [-0.39, 0.29) is 0 Å². The highest BCUT2D eigenvalue weighted by atomic mass is 16.5. The molecule has 0 aliphatic carbocycles. The third-order valence-corrected chi connectivity index (χ3v) is 2.99. The van der Waals surface area contributed by atoms with Crippen molar-refractivity contribution in [3.8, 4) is 0 Å². The lowest BCUT2D eigenvalue weighted by molar-refractivity contribution is -0.151. The van der Waals surface area contributed by atoms with Gasteiger partial charge in [-0.3, -0.25) is 4.79 Å². The quantitative estimate of drug-likeness (QED) is 0.768. The number of carbonyl (C=O) groups excluding carboxylic acids is 1. The van der Waals surface area contributed by atoms with E-state index in [0.29, 0.717) is 6.42 Å². The number of carboxylic acid groups (broad SMARTS) is 1. The van der Waals surface area contributed by atoms with E-state index in [1.165, 1.54) is 7.11 Å². The number of amides is 1. The molecule has 0 aliphatic rings. The molecule has 0 bridgehead atoms. The fraction of sp³-hybridized carbons (Fsp3) is 0.833. The minimum absolute atomic E-state index is 0.398. The molecule has 0 aromatic heterocycles. The lowest BCUT2D eigenvalue weighted by atomic mass is 9.86. The van der Waals surface area contributed by atoms with Crippen molar-refractivity contribution >= 4 is 11.9 Å². The number of nitrogens with one attached hydrogen (secondary N) is 1. The van der Waals surface area contributed by atoms with Crippen molar-refractivity contribution in [2.45, 2.75) is 52.7 Å². The topological polar surface area (TPSA) is 75.6 Å². The van der Waals surface area contributed by atoms with Crippen LogP contribution in [0.4, 0.5) is 0 Å². The maximum Gasteiger partial charge on any atom is 0.326 e. The summed E-state index contributed by atoms with van der Waals surface area (Å²) in [4.78, 5) is 23.1. The lowest BCUT2D eigenvalue weighted by Gasteiger charge is -2.32. The van der Waals surface area contributed by atoms with Gasteiger partial charge in [0.1, 0.15) is 11.6 Å². The zero-order chi connectivity index (χ0) is 13.9. The first-order valence-electron chi connectivity index (χ1n) is 5.67. The van der Waals surface area contributed by atoms with Gasteiger partial charge in [-0.2, -0.15) is 0 Å². The van der Waals surface area contributed by atoms with E-state index in [1.54, 1.807) is 27.7 Å². The van der Waals surface area contributed by atoms with Gasteiger partial charge in [-0.05, 0) is 18.8 Å². The van der Waals surface area contributed by atoms with Crippen LogP contribution in [-0.4, -0.2) is 35.7 Å². The van der Waals surface area contributed by atoms with Crippen LogP contribution < -0.4 is 5.32 Å². The van der Waals surface area contributed by atoms with Gasteiger partial charge >= 0.3 is 5.97 Å². The Morgan fingerprint density at radius 2 is 1.76 bits per heavy atom. The standard InChI is InChI=1S/C12H23NO4/c1-7-12(5,17-6)10(16)13-8(9(14)15)11(2,3)4/h8H,7H2,1-6H3,(H,13,16)(H,14,15). The van der Waals surface area contributed by atoms with E-state index in [9.17, 15) is 9.59 Å². The van der Waals surface area contributed by atoms with E-state index in [2.05, 4.69) is 5.32 Å². The van der Waals surface area contributed by atoms with Crippen LogP contribution in [0.3, 0.4) is 0 Å². The Labute approximate surface area is 103 Å². The Morgan fingerprint density at radius 1 is 1.29 bits per heavy atom. The van der Waals surface area contributed by atoms with Gasteiger partial charge in [0.25, 0.3) is 5.91 Å². The highest BCUT2D eigenvalue weighted by Crippen LogP contribution is 2.21. The van der Waals surface area contributed by atoms with Gasteiger partial charge in [-0.15, -0.1) is 0 Å². The Bertz CT molecular complexity index is 289. The molecule has 1 amide bonds. The summed E-state index contributed by atoms with van der Waals surface area (Å²) < 4.78 is 5.14. The number of hydrogen-bond donors (Lipinski definition) is 2. The van der Waals surface area contributed by atoms with Gasteiger partial charge in [0.05, 0.1) is 0 Å². The second kappa shape index (κ2) is 5.49. The summed E-state index contributed by atoms with van der Waals surface area (Å²) >= 11 is 0. The highest BCUT2D eigenvalue weighted by molar-refractivity contribution is 5.89. The van der Waals surface area contributed by atoms with Crippen LogP contribution in [0.15, 0.2) is 0 Å². The summed E-state index contributed by atoms with van der Waals surface area (Å²) in [6, 6.07) is -0.934. The number of carbonyl (C=O) groups is 2. The second-order valence-electron chi connectivity index (χ2n) is 5.40. The highest BCUT2D eigenvalue weighted by Gasteiger charge is 2.38. The predicted molar refractivity (Wildman–Crippen MR) is 64.7 cm³/mol. The molecule has 2 N–H and O–H groups in total. The zero-order valence-corrected chi connectivity index (χ0v) is 11.5. The number of aliphatic carboxylic acids is 1. The van der Waals surface area contributed by atoms with Crippen molar-refractivity contribution in [3.05, 3.63) is 0 Å². The molecule has 0 rings (SSSR count). The van der Waals surface area contributed by atoms with Crippen molar-refractivity contribution in [1.82, 2.24) is 5.32 Å². The SMILES string of the molecule is CCC(C)(OC)C(=O)NC(C(=O)O)C(C)(C)C. The van der Waals surface area contributed by atoms with Gasteiger partial charge in [-0.1, -0.05) is 27.7 Å². The minimum atomic E-state index is -1.04. The largest absolute Gasteiger partial charge is 0.480 e. The smallest absolute Gasteiger partial charge is 0.326 e. The third-order valence-electron chi connectivity index (χ3n) is 2.99. The molecular formula is C12H23NO4. The van der Waals surface area contributed by atoms with Crippen molar-refractivity contribution in [2.75, 3.05) is 7.11 Å². The van der Waals surface area contributed by atoms with Gasteiger partial charge in [0.15, 0.2) is 0 Å². The average Bonchev–Trinajstić information content (AvgIpc) is 2.22. The predicted octanol–water partition coefficient (Wildman–Crippen LogP) is 1.42. The molecule has 0 heterocycles. The van der Waals surface area contributed by atoms with E-state index < -0.39 is 28.9 Å². The molecule has 0 aliphatic heterocycles. The summed E-state index contributed by atoms with van der Waals surface area (Å²) in [6.45, 7) is 8.76. The molecular weight excluding hydrogens is 222 g/mol. The maximum absolute atomic E-state index is 12.0. The second-order valence-corrected chi connectivity index (χ2v) is 5.40. The van der Waals surface area contributed by atoms with Crippen LogP contribution in [0, 0.1) is 5.41 Å². The summed E-state index contributed by atoms with van der Waals surface area (Å²) in [5.74, 6) is -1.44. The van der Waals surface area contributed by atoms with E-state index in [1.807, 2.05) is 6.92 Å². The van der Waals surface area contributed by atoms with E-state index >= 15 is 0 Å². The van der Waals surface area contributed by atoms with Gasteiger partial charge in [0, 0.05) is 7.11 Å². The van der Waals surface area contributed by atoms with Gasteiger partial charge < -0.3 is 15.2 Å². The summed E-state index contributed by atoms with van der Waals surface area (Å²) in [7, 11) is 1.44. The Hall–Kier alpha value is -1.10. The molecule has 5 heteroatoms. The van der Waals surface area contributed by atoms with E-state index in [4.69, 9.17) is 9.84 Å². The Kier molecular flexibility index (Phi) is 5.13. The van der Waals surface area contributed by atoms with Crippen LogP contribution >= 0.6 is 0 Å². The summed E-state index contributed by atoms with van der Waals surface area (Å²) in [6.07, 6.45) is 0.478. The molecule has 0 aromatic carbocycles. The number of carboxylic acids is 1. The molecule has 2 unspecified atom stereocenters. The van der Waals surface area contributed by atoms with E-state index in [0.717, 1.165) is 0 Å².